The topological polar surface area (TPSA) is 714 Å². The second kappa shape index (κ2) is 3520. The zero-order valence-corrected chi connectivity index (χ0v) is 47.7. The van der Waals surface area contributed by atoms with Crippen molar-refractivity contribution in [2.24, 2.45) is 0 Å². The minimum Gasteiger partial charge on any atom is 5.00 e. The molecule has 0 aromatic heterocycles. The molecule has 0 amide bonds. The van der Waals surface area contributed by atoms with Crippen LogP contribution in [0.4, 0.5) is 0 Å². The minimum atomic E-state index is -0.150. The van der Waals surface area contributed by atoms with E-state index in [0.29, 0.717) is 0 Å². The van der Waals surface area contributed by atoms with Gasteiger partial charge in [-0.3, -0.25) is 0 Å². The molecule has 0 bridgehead atoms. The van der Waals surface area contributed by atoms with Crippen LogP contribution in [0.25, 0.3) is 0 Å². The number of hydrogen-bond acceptors (Lipinski definition) is 30. The summed E-state index contributed by atoms with van der Waals surface area (Å²) in [6.45, 7) is 142. The largest absolute Gasteiger partial charge is 5.00 e. The molecule has 0 unspecified atom stereocenters. The van der Waals surface area contributed by atoms with Crippen LogP contribution in [0.3, 0.4) is 0 Å². The van der Waals surface area contributed by atoms with E-state index in [0.717, 1.165) is 0 Å². The molecule has 0 aliphatic rings. The molecule has 0 aliphatic carbocycles. The van der Waals surface area contributed by atoms with E-state index in [-0.39, 0.29) is 97.7 Å². The van der Waals surface area contributed by atoms with Gasteiger partial charge in [-0.05, 0) is 0 Å². The first-order valence-corrected chi connectivity index (χ1v) is 24.2. The Morgan fingerprint density at radius 3 is 0.130 bits per heavy atom. The van der Waals surface area contributed by atoms with E-state index in [9.17, 15) is 0 Å². The number of hydrogen-bond donors (Lipinski definition) is 0. The van der Waals surface area contributed by atoms with E-state index < -0.39 is 0 Å². The van der Waals surface area contributed by atoms with Gasteiger partial charge >= 0.3 is 146 Å². The van der Waals surface area contributed by atoms with E-state index in [4.69, 9.17) is 355 Å². The van der Waals surface area contributed by atoms with Crippen molar-refractivity contribution in [2.45, 2.75) is 0 Å². The maximum absolute atomic E-state index is 6.25. The molecule has 30 nitrogen and oxygen atoms in total. The molecule has 0 aromatic carbocycles. The van der Waals surface area contributed by atoms with Gasteiger partial charge in [-0.2, -0.15) is 0 Å². The van der Waals surface area contributed by atoms with Crippen LogP contribution in [0.1, 0.15) is 0 Å². The van der Waals surface area contributed by atoms with E-state index in [1.165, 1.54) is 0 Å². The van der Waals surface area contributed by atoms with Crippen LogP contribution >= 0.6 is 0 Å². The van der Waals surface area contributed by atoms with Crippen LogP contribution in [0.2, 0.25) is 0 Å². The van der Waals surface area contributed by atoms with E-state index in [1.807, 2.05) is 0 Å². The zero-order valence-electron chi connectivity index (χ0n) is 32.0. The zero-order chi connectivity index (χ0) is 65.4. The van der Waals surface area contributed by atoms with E-state index in [2.05, 4.69) is 48.4 Å². The average Bonchev–Trinajstić information content (AvgIpc) is 3.54. The molecule has 0 aliphatic heterocycles. The summed E-state index contributed by atoms with van der Waals surface area (Å²) in [6.07, 6.45) is 0. The summed E-state index contributed by atoms with van der Waals surface area (Å²) in [5.41, 5.74) is 0. The standard InChI is InChI=1S/30CN.5Fe.4Sb/c30*1-2;;;;;;;;;/q30*-1;;;;;+4;;;2*+5. The van der Waals surface area contributed by atoms with Crippen molar-refractivity contribution in [1.82, 2.24) is 0 Å². The molecule has 0 saturated carbocycles. The van der Waals surface area contributed by atoms with Crippen LogP contribution in [0.5, 0.6) is 0 Å². The fourth-order valence-electron chi connectivity index (χ4n) is 0. The molecule has 0 N–H and O–H groups in total. The predicted molar refractivity (Wildman–Crippen MR) is 172 cm³/mol. The second-order valence-corrected chi connectivity index (χ2v) is 12.7. The van der Waals surface area contributed by atoms with Crippen LogP contribution in [0, 0.1) is 355 Å². The molecule has 0 aromatic rings. The molecule has 0 spiro atoms. The Morgan fingerprint density at radius 1 is 0.130 bits per heavy atom. The maximum Gasteiger partial charge on any atom is 5.00 e. The molecule has 2 radical (unpaired) electrons. The van der Waals surface area contributed by atoms with Gasteiger partial charge in [-0.25, -0.2) is 0 Å². The van der Waals surface area contributed by atoms with Crippen molar-refractivity contribution in [3.8, 4) is 0 Å². The normalized spacial score (nSPS) is 1.16. The Hall–Kier alpha value is -9.43. The maximum atomic E-state index is 6.25. The molecule has 346 valence electrons. The fraction of sp³-hybridized carbons (Fsp3) is 0. The average molecular weight is 1550 g/mol. The van der Waals surface area contributed by atoms with Gasteiger partial charge in [-0.15, -0.1) is 0 Å². The molecule has 0 atom stereocenters. The Balaban J connectivity index is -0.00000000524. The number of nitrogens with zero attached hydrogens (tertiary/aromatic N) is 30. The fourth-order valence-corrected chi connectivity index (χ4v) is 0. The quantitative estimate of drug-likeness (QED) is 0.244. The summed E-state index contributed by atoms with van der Waals surface area (Å²) < 4.78 is 0. The predicted octanol–water partition coefficient (Wildman–Crippen LogP) is 1.36. The molecular weight excluding hydrogens is 1550 g/mol. The minimum absolute atomic E-state index is 0. The monoisotopic (exact) mass is 1540 g/mol. The van der Waals surface area contributed by atoms with Crippen molar-refractivity contribution in [1.29, 1.82) is 158 Å². The van der Waals surface area contributed by atoms with Crippen molar-refractivity contribution < 1.29 is 65.5 Å². The van der Waals surface area contributed by atoms with Crippen molar-refractivity contribution in [3.63, 3.8) is 0 Å². The molecule has 0 rings (SSSR count). The molecule has 69 heavy (non-hydrogen) atoms. The Morgan fingerprint density at radius 2 is 0.130 bits per heavy atom. The summed E-state index contributed by atoms with van der Waals surface area (Å²) in [5.74, 6) is 0. The summed E-state index contributed by atoms with van der Waals surface area (Å²) in [6, 6.07) is 0. The first-order chi connectivity index (χ1) is 32.8. The van der Waals surface area contributed by atoms with Gasteiger partial charge < -0.3 is 355 Å². The van der Waals surface area contributed by atoms with Gasteiger partial charge in [0.15, 0.2) is 0 Å². The molecule has 0 fully saturated rings. The third-order valence-corrected chi connectivity index (χ3v) is 0. The molecular formula is C30Fe5N30Sb4-16. The molecule has 0 saturated heterocycles. The molecule has 39 heteroatoms. The summed E-state index contributed by atoms with van der Waals surface area (Å²) in [4.78, 5) is 0. The van der Waals surface area contributed by atoms with E-state index in [1.54, 1.807) is 0 Å². The van der Waals surface area contributed by atoms with Crippen LogP contribution in [-0.4, -0.2) is 80.6 Å². The first-order valence-electron chi connectivity index (χ1n) is 7.34. The first kappa shape index (κ1) is 339. The van der Waals surface area contributed by atoms with Gasteiger partial charge in [0.05, 0.1) is 0 Å². The van der Waals surface area contributed by atoms with E-state index >= 15 is 0 Å². The van der Waals surface area contributed by atoms with Gasteiger partial charge in [0.2, 0.25) is 0 Å². The van der Waals surface area contributed by atoms with Crippen molar-refractivity contribution in [3.05, 3.63) is 197 Å². The SMILES string of the molecule is [C-]#N.[C-]#N.[C-]#N.[C-]#N.[C-]#N.[C-]#N.[C-]#N.[C-]#N.[C-]#N.[C-]#N.[C-]#N.[C-]#N.[C-]#N.[C-]#N.[C-]#N.[C-]#N.[C-]#N.[C-]#N.[C-]#N.[C-]#N.[C-]#N.[C-]#N.[C-]#N.[C-]#N.[C-]#N.[C-]#N.[C-]#N.[C-]#N.[C-]#N.[C-]#N.[Fe+4].[Fe]=[Sb]=[Fe].[Fe]=[Sb]=[Fe].[Sb+5].[Sb+5]. The second-order valence-electron chi connectivity index (χ2n) is 0.112. The Labute approximate surface area is 495 Å². The smallest absolute Gasteiger partial charge is 5.00 e. The Bertz CT molecular complexity index is 852. The summed E-state index contributed by atoms with van der Waals surface area (Å²) >= 11 is 13.8. The van der Waals surface area contributed by atoms with Crippen molar-refractivity contribution in [2.75, 3.05) is 0 Å². The summed E-state index contributed by atoms with van der Waals surface area (Å²) in [5, 5.41) is 188. The van der Waals surface area contributed by atoms with Gasteiger partial charge in [0.1, 0.15) is 0 Å². The van der Waals surface area contributed by atoms with Crippen LogP contribution in [0.15, 0.2) is 0 Å². The van der Waals surface area contributed by atoms with Crippen LogP contribution in [-0.2, 0) is 65.5 Å². The number of rotatable bonds is 0. The third kappa shape index (κ3) is 2110. The van der Waals surface area contributed by atoms with Gasteiger partial charge in [0.25, 0.3) is 0 Å². The van der Waals surface area contributed by atoms with Gasteiger partial charge in [-0.1, -0.05) is 0 Å². The Kier molecular flexibility index (Phi) is 17300. The van der Waals surface area contributed by atoms with Crippen molar-refractivity contribution >= 4 is 80.6 Å². The summed E-state index contributed by atoms with van der Waals surface area (Å²) in [7, 11) is 0. The molecule has 0 heterocycles. The van der Waals surface area contributed by atoms with Crippen LogP contribution < -0.4 is 0 Å². The third-order valence-electron chi connectivity index (χ3n) is 0. The van der Waals surface area contributed by atoms with Gasteiger partial charge in [0, 0.05) is 0 Å².